The molecule has 0 aromatic rings. The fraction of sp³-hybridized carbons (Fsp3) is 0.846. The van der Waals surface area contributed by atoms with Crippen molar-refractivity contribution >= 4 is 12.0 Å². The van der Waals surface area contributed by atoms with Crippen LogP contribution in [0.25, 0.3) is 0 Å². The summed E-state index contributed by atoms with van der Waals surface area (Å²) in [6.07, 6.45) is 4.90. The van der Waals surface area contributed by atoms with Gasteiger partial charge in [0.1, 0.15) is 0 Å². The molecular formula is C13H24N2O4. The van der Waals surface area contributed by atoms with E-state index in [2.05, 4.69) is 10.6 Å². The van der Waals surface area contributed by atoms with Crippen LogP contribution in [0.3, 0.4) is 0 Å². The molecule has 1 rings (SSSR count). The minimum atomic E-state index is -0.935. The zero-order valence-electron chi connectivity index (χ0n) is 11.7. The van der Waals surface area contributed by atoms with Crippen molar-refractivity contribution in [3.8, 4) is 0 Å². The highest BCUT2D eigenvalue weighted by Crippen LogP contribution is 2.20. The number of nitrogens with one attached hydrogen (secondary N) is 2. The van der Waals surface area contributed by atoms with Crippen LogP contribution in [0.15, 0.2) is 0 Å². The van der Waals surface area contributed by atoms with Crippen molar-refractivity contribution in [3.63, 3.8) is 0 Å². The standard InChI is InChI=1S/C13H24N2O4/c1-13(2,9-11(16)17)15-12(18)14-7-8-19-10-5-3-4-6-10/h10H,3-9H2,1-2H3,(H,16,17)(H2,14,15,18). The van der Waals surface area contributed by atoms with Crippen LogP contribution < -0.4 is 10.6 Å². The highest BCUT2D eigenvalue weighted by molar-refractivity contribution is 5.76. The van der Waals surface area contributed by atoms with Gasteiger partial charge in [0.2, 0.25) is 0 Å². The van der Waals surface area contributed by atoms with Crippen molar-refractivity contribution in [1.29, 1.82) is 0 Å². The molecule has 110 valence electrons. The molecule has 0 saturated heterocycles. The topological polar surface area (TPSA) is 87.7 Å². The number of aliphatic carboxylic acids is 1. The number of hydrogen-bond donors (Lipinski definition) is 3. The van der Waals surface area contributed by atoms with E-state index in [1.165, 1.54) is 12.8 Å². The van der Waals surface area contributed by atoms with Crippen LogP contribution in [-0.2, 0) is 9.53 Å². The van der Waals surface area contributed by atoms with E-state index in [9.17, 15) is 9.59 Å². The van der Waals surface area contributed by atoms with Crippen molar-refractivity contribution in [1.82, 2.24) is 10.6 Å². The van der Waals surface area contributed by atoms with E-state index in [4.69, 9.17) is 9.84 Å². The van der Waals surface area contributed by atoms with E-state index in [0.717, 1.165) is 12.8 Å². The summed E-state index contributed by atoms with van der Waals surface area (Å²) < 4.78 is 5.61. The molecule has 3 N–H and O–H groups in total. The van der Waals surface area contributed by atoms with Crippen LogP contribution in [0.5, 0.6) is 0 Å². The predicted molar refractivity (Wildman–Crippen MR) is 71.1 cm³/mol. The van der Waals surface area contributed by atoms with Gasteiger partial charge in [0.25, 0.3) is 0 Å². The molecule has 1 saturated carbocycles. The Morgan fingerprint density at radius 2 is 1.95 bits per heavy atom. The van der Waals surface area contributed by atoms with E-state index in [1.54, 1.807) is 13.8 Å². The predicted octanol–water partition coefficient (Wildman–Crippen LogP) is 1.50. The fourth-order valence-corrected chi connectivity index (χ4v) is 2.22. The number of carboxylic acid groups (broad SMARTS) is 1. The summed E-state index contributed by atoms with van der Waals surface area (Å²) >= 11 is 0. The minimum Gasteiger partial charge on any atom is -0.481 e. The van der Waals surface area contributed by atoms with Gasteiger partial charge in [-0.2, -0.15) is 0 Å². The van der Waals surface area contributed by atoms with Gasteiger partial charge in [-0.1, -0.05) is 12.8 Å². The van der Waals surface area contributed by atoms with Crippen molar-refractivity contribution < 1.29 is 19.4 Å². The van der Waals surface area contributed by atoms with Gasteiger partial charge in [-0.15, -0.1) is 0 Å². The third kappa shape index (κ3) is 7.00. The number of hydrogen-bond acceptors (Lipinski definition) is 3. The Bertz CT molecular complexity index is 312. The molecule has 6 nitrogen and oxygen atoms in total. The second-order valence-corrected chi connectivity index (χ2v) is 5.61. The summed E-state index contributed by atoms with van der Waals surface area (Å²) in [7, 11) is 0. The van der Waals surface area contributed by atoms with Crippen LogP contribution in [0, 0.1) is 0 Å². The lowest BCUT2D eigenvalue weighted by atomic mass is 10.0. The Hall–Kier alpha value is -1.30. The molecule has 1 aliphatic carbocycles. The summed E-state index contributed by atoms with van der Waals surface area (Å²) in [5.41, 5.74) is -0.762. The van der Waals surface area contributed by atoms with Crippen molar-refractivity contribution in [3.05, 3.63) is 0 Å². The lowest BCUT2D eigenvalue weighted by Gasteiger charge is -2.24. The van der Waals surface area contributed by atoms with Crippen LogP contribution in [0.2, 0.25) is 0 Å². The van der Waals surface area contributed by atoms with Gasteiger partial charge in [0.15, 0.2) is 0 Å². The quantitative estimate of drug-likeness (QED) is 0.613. The summed E-state index contributed by atoms with van der Waals surface area (Å²) in [6, 6.07) is -0.360. The molecule has 0 spiro atoms. The first kappa shape index (κ1) is 15.8. The second-order valence-electron chi connectivity index (χ2n) is 5.61. The smallest absolute Gasteiger partial charge is 0.315 e. The maximum absolute atomic E-state index is 11.6. The summed E-state index contributed by atoms with van der Waals surface area (Å²) in [5, 5.41) is 14.0. The maximum Gasteiger partial charge on any atom is 0.315 e. The Kier molecular flexibility index (Phi) is 6.08. The highest BCUT2D eigenvalue weighted by atomic mass is 16.5. The number of rotatable bonds is 7. The zero-order valence-corrected chi connectivity index (χ0v) is 11.7. The Morgan fingerprint density at radius 1 is 1.32 bits per heavy atom. The molecular weight excluding hydrogens is 248 g/mol. The Balaban J connectivity index is 2.11. The molecule has 1 fully saturated rings. The summed E-state index contributed by atoms with van der Waals surface area (Å²) in [6.45, 7) is 4.29. The van der Waals surface area contributed by atoms with Gasteiger partial charge in [0, 0.05) is 12.1 Å². The number of urea groups is 1. The first-order valence-corrected chi connectivity index (χ1v) is 6.78. The SMILES string of the molecule is CC(C)(CC(=O)O)NC(=O)NCCOC1CCCC1. The monoisotopic (exact) mass is 272 g/mol. The third-order valence-corrected chi connectivity index (χ3v) is 3.09. The van der Waals surface area contributed by atoms with Gasteiger partial charge in [-0.05, 0) is 26.7 Å². The second kappa shape index (κ2) is 7.33. The zero-order chi connectivity index (χ0) is 14.3. The lowest BCUT2D eigenvalue weighted by molar-refractivity contribution is -0.138. The summed E-state index contributed by atoms with van der Waals surface area (Å²) in [4.78, 5) is 22.2. The van der Waals surface area contributed by atoms with Crippen LogP contribution >= 0.6 is 0 Å². The lowest BCUT2D eigenvalue weighted by Crippen LogP contribution is -2.50. The first-order chi connectivity index (χ1) is 8.89. The number of amides is 2. The molecule has 0 aromatic heterocycles. The first-order valence-electron chi connectivity index (χ1n) is 6.78. The summed E-state index contributed by atoms with van der Waals surface area (Å²) in [5.74, 6) is -0.935. The molecule has 0 atom stereocenters. The molecule has 0 radical (unpaired) electrons. The molecule has 0 aliphatic heterocycles. The van der Waals surface area contributed by atoms with Crippen molar-refractivity contribution in [2.75, 3.05) is 13.2 Å². The molecule has 0 aromatic carbocycles. The van der Waals surface area contributed by atoms with Gasteiger partial charge < -0.3 is 20.5 Å². The third-order valence-electron chi connectivity index (χ3n) is 3.09. The number of carboxylic acids is 1. The fourth-order valence-electron chi connectivity index (χ4n) is 2.22. The molecule has 6 heteroatoms. The van der Waals surface area contributed by atoms with E-state index in [1.807, 2.05) is 0 Å². The van der Waals surface area contributed by atoms with E-state index in [-0.39, 0.29) is 12.5 Å². The largest absolute Gasteiger partial charge is 0.481 e. The Labute approximate surface area is 113 Å². The maximum atomic E-state index is 11.6. The van der Waals surface area contributed by atoms with Crippen molar-refractivity contribution in [2.45, 2.75) is 57.6 Å². The molecule has 19 heavy (non-hydrogen) atoms. The normalized spacial score (nSPS) is 16.3. The average molecular weight is 272 g/mol. The van der Waals surface area contributed by atoms with Gasteiger partial charge >= 0.3 is 12.0 Å². The Morgan fingerprint density at radius 3 is 2.53 bits per heavy atom. The van der Waals surface area contributed by atoms with Gasteiger partial charge in [-0.25, -0.2) is 4.79 Å². The average Bonchev–Trinajstić information content (AvgIpc) is 2.74. The van der Waals surface area contributed by atoms with E-state index < -0.39 is 11.5 Å². The number of carbonyl (C=O) groups is 2. The van der Waals surface area contributed by atoms with E-state index >= 15 is 0 Å². The molecule has 2 amide bonds. The van der Waals surface area contributed by atoms with Crippen LogP contribution in [0.4, 0.5) is 4.79 Å². The molecule has 0 bridgehead atoms. The minimum absolute atomic E-state index is 0.112. The highest BCUT2D eigenvalue weighted by Gasteiger charge is 2.23. The number of ether oxygens (including phenoxy) is 1. The van der Waals surface area contributed by atoms with E-state index in [0.29, 0.717) is 19.3 Å². The molecule has 0 unspecified atom stereocenters. The van der Waals surface area contributed by atoms with Gasteiger partial charge in [0.05, 0.1) is 19.1 Å². The van der Waals surface area contributed by atoms with Crippen molar-refractivity contribution in [2.24, 2.45) is 0 Å². The van der Waals surface area contributed by atoms with Gasteiger partial charge in [-0.3, -0.25) is 4.79 Å². The van der Waals surface area contributed by atoms with Crippen LogP contribution in [0.1, 0.15) is 46.0 Å². The van der Waals surface area contributed by atoms with Crippen LogP contribution in [-0.4, -0.2) is 41.9 Å². The number of carbonyl (C=O) groups excluding carboxylic acids is 1. The molecule has 1 aliphatic rings. The molecule has 0 heterocycles.